The monoisotopic (exact) mass is 314 g/mol. The first-order chi connectivity index (χ1) is 9.11. The number of nitrogens with two attached hydrogens (primary N) is 1. The maximum Gasteiger partial charge on any atom is 0.104 e. The summed E-state index contributed by atoms with van der Waals surface area (Å²) in [5, 5.41) is 4.94. The lowest BCUT2D eigenvalue weighted by Gasteiger charge is -2.32. The molecular formula is C14H19ClN2S2. The van der Waals surface area contributed by atoms with Gasteiger partial charge < -0.3 is 11.1 Å². The third-order valence-electron chi connectivity index (χ3n) is 3.60. The highest BCUT2D eigenvalue weighted by Crippen LogP contribution is 2.32. The van der Waals surface area contributed by atoms with Gasteiger partial charge in [0.05, 0.1) is 10.7 Å². The van der Waals surface area contributed by atoms with Crippen molar-refractivity contribution in [3.8, 4) is 0 Å². The Labute approximate surface area is 129 Å². The summed E-state index contributed by atoms with van der Waals surface area (Å²) in [6.07, 6.45) is 7.29. The Morgan fingerprint density at radius 2 is 2.16 bits per heavy atom. The predicted octanol–water partition coefficient (Wildman–Crippen LogP) is 4.06. The molecule has 0 aromatic heterocycles. The molecule has 0 bridgehead atoms. The van der Waals surface area contributed by atoms with Crippen LogP contribution in [0.3, 0.4) is 0 Å². The fraction of sp³-hybridized carbons (Fsp3) is 0.500. The van der Waals surface area contributed by atoms with Gasteiger partial charge >= 0.3 is 0 Å². The zero-order chi connectivity index (χ0) is 13.8. The summed E-state index contributed by atoms with van der Waals surface area (Å²) in [6, 6.07) is 6.23. The Morgan fingerprint density at radius 1 is 1.42 bits per heavy atom. The normalized spacial score (nSPS) is 23.1. The zero-order valence-corrected chi connectivity index (χ0v) is 13.4. The van der Waals surface area contributed by atoms with Crippen molar-refractivity contribution in [1.82, 2.24) is 0 Å². The maximum absolute atomic E-state index is 6.30. The Morgan fingerprint density at radius 3 is 2.79 bits per heavy atom. The Kier molecular flexibility index (Phi) is 5.37. The van der Waals surface area contributed by atoms with Gasteiger partial charge in [-0.3, -0.25) is 0 Å². The smallest absolute Gasteiger partial charge is 0.104 e. The minimum absolute atomic E-state index is 0.383. The topological polar surface area (TPSA) is 38.0 Å². The van der Waals surface area contributed by atoms with Crippen molar-refractivity contribution in [2.24, 2.45) is 5.73 Å². The van der Waals surface area contributed by atoms with E-state index in [4.69, 9.17) is 29.6 Å². The van der Waals surface area contributed by atoms with Crippen molar-refractivity contribution in [3.63, 3.8) is 0 Å². The van der Waals surface area contributed by atoms with E-state index in [2.05, 4.69) is 11.6 Å². The van der Waals surface area contributed by atoms with Gasteiger partial charge in [-0.1, -0.05) is 36.7 Å². The Bertz CT molecular complexity index is 465. The molecule has 0 radical (unpaired) electrons. The van der Waals surface area contributed by atoms with Crippen LogP contribution in [-0.2, 0) is 0 Å². The predicted molar refractivity (Wildman–Crippen MR) is 90.5 cm³/mol. The highest BCUT2D eigenvalue weighted by atomic mass is 35.5. The van der Waals surface area contributed by atoms with Gasteiger partial charge in [0.1, 0.15) is 4.99 Å². The molecular weight excluding hydrogens is 296 g/mol. The largest absolute Gasteiger partial charge is 0.389 e. The van der Waals surface area contributed by atoms with E-state index in [-0.39, 0.29) is 0 Å². The average molecular weight is 315 g/mol. The molecule has 104 valence electrons. The second-order valence-corrected chi connectivity index (χ2v) is 6.79. The molecule has 1 saturated carbocycles. The molecule has 0 heterocycles. The number of halogens is 1. The maximum atomic E-state index is 6.30. The number of hydrogen-bond acceptors (Lipinski definition) is 3. The number of thiocarbonyl (C=S) groups is 1. The van der Waals surface area contributed by atoms with Crippen LogP contribution in [0.1, 0.15) is 31.2 Å². The molecule has 5 heteroatoms. The third-order valence-corrected chi connectivity index (χ3v) is 5.32. The second kappa shape index (κ2) is 6.82. The number of hydrogen-bond donors (Lipinski definition) is 2. The summed E-state index contributed by atoms with van der Waals surface area (Å²) < 4.78 is 0. The van der Waals surface area contributed by atoms with Gasteiger partial charge in [0.2, 0.25) is 0 Å². The lowest BCUT2D eigenvalue weighted by Crippen LogP contribution is -2.34. The quantitative estimate of drug-likeness (QED) is 0.822. The Balaban J connectivity index is 2.11. The van der Waals surface area contributed by atoms with Crippen LogP contribution in [0.5, 0.6) is 0 Å². The van der Waals surface area contributed by atoms with Crippen molar-refractivity contribution in [1.29, 1.82) is 0 Å². The standard InChI is InChI=1S/C14H19ClN2S2/c1-19-13-5-3-2-4-12(13)17-11-7-6-9(14(16)18)8-10(11)15/h6-8,12-13,17H,2-5H2,1H3,(H2,16,18). The van der Waals surface area contributed by atoms with E-state index < -0.39 is 0 Å². The van der Waals surface area contributed by atoms with Crippen LogP contribution in [-0.4, -0.2) is 22.5 Å². The van der Waals surface area contributed by atoms with Crippen LogP contribution in [0.2, 0.25) is 5.02 Å². The summed E-state index contributed by atoms with van der Waals surface area (Å²) in [5.74, 6) is 0. The van der Waals surface area contributed by atoms with Gasteiger partial charge in [0.25, 0.3) is 0 Å². The summed E-state index contributed by atoms with van der Waals surface area (Å²) in [6.45, 7) is 0. The van der Waals surface area contributed by atoms with Gasteiger partial charge in [-0.25, -0.2) is 0 Å². The first kappa shape index (κ1) is 14.9. The lowest BCUT2D eigenvalue weighted by molar-refractivity contribution is 0.475. The molecule has 1 aliphatic carbocycles. The van der Waals surface area contributed by atoms with Gasteiger partial charge in [0.15, 0.2) is 0 Å². The van der Waals surface area contributed by atoms with Gasteiger partial charge in [-0.05, 0) is 37.3 Å². The summed E-state index contributed by atoms with van der Waals surface area (Å²) >= 11 is 13.2. The van der Waals surface area contributed by atoms with Crippen molar-refractivity contribution in [3.05, 3.63) is 28.8 Å². The lowest BCUT2D eigenvalue weighted by atomic mass is 9.94. The molecule has 1 fully saturated rings. The van der Waals surface area contributed by atoms with E-state index in [1.54, 1.807) is 0 Å². The van der Waals surface area contributed by atoms with Gasteiger partial charge in [-0.2, -0.15) is 11.8 Å². The van der Waals surface area contributed by atoms with Crippen molar-refractivity contribution >= 4 is 46.3 Å². The SMILES string of the molecule is CSC1CCCCC1Nc1ccc(C(N)=S)cc1Cl. The van der Waals surface area contributed by atoms with E-state index in [9.17, 15) is 0 Å². The summed E-state index contributed by atoms with van der Waals surface area (Å²) in [4.78, 5) is 0.383. The molecule has 0 saturated heterocycles. The molecule has 2 atom stereocenters. The van der Waals surface area contributed by atoms with Crippen LogP contribution in [0.4, 0.5) is 5.69 Å². The highest BCUT2D eigenvalue weighted by molar-refractivity contribution is 7.99. The molecule has 0 amide bonds. The molecule has 0 aliphatic heterocycles. The second-order valence-electron chi connectivity index (χ2n) is 4.87. The first-order valence-corrected chi connectivity index (χ1v) is 8.58. The molecule has 3 N–H and O–H groups in total. The van der Waals surface area contributed by atoms with E-state index in [1.807, 2.05) is 30.0 Å². The van der Waals surface area contributed by atoms with Crippen LogP contribution >= 0.6 is 35.6 Å². The summed E-state index contributed by atoms with van der Waals surface area (Å²) in [5.41, 5.74) is 7.40. The number of thioether (sulfide) groups is 1. The van der Waals surface area contributed by atoms with Crippen molar-refractivity contribution in [2.75, 3.05) is 11.6 Å². The molecule has 1 aromatic carbocycles. The molecule has 2 nitrogen and oxygen atoms in total. The van der Waals surface area contributed by atoms with Crippen molar-refractivity contribution in [2.45, 2.75) is 37.0 Å². The fourth-order valence-electron chi connectivity index (χ4n) is 2.53. The van der Waals surface area contributed by atoms with E-state index in [0.717, 1.165) is 11.3 Å². The van der Waals surface area contributed by atoms with E-state index in [0.29, 0.717) is 21.3 Å². The van der Waals surface area contributed by atoms with E-state index in [1.165, 1.54) is 25.7 Å². The van der Waals surface area contributed by atoms with Crippen LogP contribution in [0.15, 0.2) is 18.2 Å². The van der Waals surface area contributed by atoms with Crippen LogP contribution in [0, 0.1) is 0 Å². The molecule has 2 unspecified atom stereocenters. The first-order valence-electron chi connectivity index (χ1n) is 6.50. The average Bonchev–Trinajstić information content (AvgIpc) is 2.41. The van der Waals surface area contributed by atoms with Crippen molar-refractivity contribution < 1.29 is 0 Å². The number of benzene rings is 1. The number of nitrogens with one attached hydrogen (secondary N) is 1. The minimum atomic E-state index is 0.383. The summed E-state index contributed by atoms with van der Waals surface area (Å²) in [7, 11) is 0. The fourth-order valence-corrected chi connectivity index (χ4v) is 3.83. The zero-order valence-electron chi connectivity index (χ0n) is 11.0. The minimum Gasteiger partial charge on any atom is -0.389 e. The molecule has 1 aromatic rings. The molecule has 19 heavy (non-hydrogen) atoms. The number of anilines is 1. The third kappa shape index (κ3) is 3.77. The molecule has 2 rings (SSSR count). The molecule has 0 spiro atoms. The molecule has 1 aliphatic rings. The van der Waals surface area contributed by atoms with Gasteiger partial charge in [0, 0.05) is 16.9 Å². The number of rotatable bonds is 4. The van der Waals surface area contributed by atoms with Crippen LogP contribution < -0.4 is 11.1 Å². The van der Waals surface area contributed by atoms with Crippen LogP contribution in [0.25, 0.3) is 0 Å². The van der Waals surface area contributed by atoms with Gasteiger partial charge in [-0.15, -0.1) is 0 Å². The highest BCUT2D eigenvalue weighted by Gasteiger charge is 2.24. The Hall–Kier alpha value is -0.450. The van der Waals surface area contributed by atoms with E-state index >= 15 is 0 Å².